The van der Waals surface area contributed by atoms with Gasteiger partial charge in [0.15, 0.2) is 0 Å². The molecule has 1 aliphatic heterocycles. The molecule has 16 heavy (non-hydrogen) atoms. The lowest BCUT2D eigenvalue weighted by molar-refractivity contribution is 0.164. The predicted molar refractivity (Wildman–Crippen MR) is 63.5 cm³/mol. The fraction of sp³-hybridized carbons (Fsp3) is 0.538. The molecular formula is C13H19NO2. The number of hydrogen-bond donors (Lipinski definition) is 1. The van der Waals surface area contributed by atoms with Gasteiger partial charge in [0.25, 0.3) is 0 Å². The summed E-state index contributed by atoms with van der Waals surface area (Å²) < 4.78 is 10.7. The van der Waals surface area contributed by atoms with E-state index in [1.165, 1.54) is 0 Å². The van der Waals surface area contributed by atoms with Gasteiger partial charge in [0.1, 0.15) is 5.75 Å². The van der Waals surface area contributed by atoms with Crippen molar-refractivity contribution in [1.29, 1.82) is 0 Å². The number of benzene rings is 1. The zero-order valence-electron chi connectivity index (χ0n) is 9.74. The Labute approximate surface area is 96.5 Å². The molecule has 0 aromatic heterocycles. The van der Waals surface area contributed by atoms with E-state index in [9.17, 15) is 0 Å². The lowest BCUT2D eigenvalue weighted by Gasteiger charge is -2.35. The lowest BCUT2D eigenvalue weighted by Crippen LogP contribution is -2.41. The lowest BCUT2D eigenvalue weighted by atomic mass is 9.82. The Kier molecular flexibility index (Phi) is 3.46. The maximum atomic E-state index is 6.48. The van der Waals surface area contributed by atoms with Crippen molar-refractivity contribution in [3.05, 3.63) is 29.8 Å². The van der Waals surface area contributed by atoms with Crippen LogP contribution >= 0.6 is 0 Å². The third kappa shape index (κ3) is 2.20. The molecule has 3 heteroatoms. The second-order valence-electron chi connectivity index (χ2n) is 4.35. The molecule has 1 aliphatic rings. The Morgan fingerprint density at radius 2 is 2.25 bits per heavy atom. The van der Waals surface area contributed by atoms with Crippen LogP contribution in [0, 0.1) is 0 Å². The molecule has 88 valence electrons. The molecule has 3 nitrogen and oxygen atoms in total. The van der Waals surface area contributed by atoms with E-state index in [0.29, 0.717) is 6.61 Å². The maximum absolute atomic E-state index is 6.48. The quantitative estimate of drug-likeness (QED) is 0.791. The Hall–Kier alpha value is -1.06. The molecule has 1 atom stereocenters. The Balaban J connectivity index is 2.16. The van der Waals surface area contributed by atoms with Crippen molar-refractivity contribution in [3.63, 3.8) is 0 Å². The smallest absolute Gasteiger partial charge is 0.124 e. The fourth-order valence-corrected chi connectivity index (χ4v) is 2.27. The van der Waals surface area contributed by atoms with E-state index in [2.05, 4.69) is 6.07 Å². The minimum Gasteiger partial charge on any atom is -0.493 e. The number of fused-ring (bicyclic) bond motifs is 1. The first kappa shape index (κ1) is 11.4. The van der Waals surface area contributed by atoms with Gasteiger partial charge in [-0.2, -0.15) is 0 Å². The maximum Gasteiger partial charge on any atom is 0.124 e. The molecule has 0 saturated carbocycles. The molecule has 2 rings (SSSR count). The molecule has 0 fully saturated rings. The number of para-hydroxylation sites is 1. The van der Waals surface area contributed by atoms with Gasteiger partial charge in [-0.15, -0.1) is 0 Å². The van der Waals surface area contributed by atoms with Crippen molar-refractivity contribution in [2.45, 2.75) is 24.8 Å². The van der Waals surface area contributed by atoms with Crippen LogP contribution in [0.5, 0.6) is 5.75 Å². The van der Waals surface area contributed by atoms with Crippen molar-refractivity contribution in [2.75, 3.05) is 20.3 Å². The molecule has 1 aromatic rings. The number of nitrogens with two attached hydrogens (primary N) is 1. The molecule has 1 aromatic carbocycles. The predicted octanol–water partition coefficient (Wildman–Crippen LogP) is 2.05. The third-order valence-corrected chi connectivity index (χ3v) is 3.20. The summed E-state index contributed by atoms with van der Waals surface area (Å²) in [7, 11) is 1.72. The van der Waals surface area contributed by atoms with E-state index in [0.717, 1.165) is 37.2 Å². The number of methoxy groups -OCH3 is 1. The van der Waals surface area contributed by atoms with Gasteiger partial charge >= 0.3 is 0 Å². The number of ether oxygens (including phenoxy) is 2. The second-order valence-corrected chi connectivity index (χ2v) is 4.35. The molecule has 0 saturated heterocycles. The highest BCUT2D eigenvalue weighted by atomic mass is 16.5. The van der Waals surface area contributed by atoms with Gasteiger partial charge in [0.05, 0.1) is 6.61 Å². The van der Waals surface area contributed by atoms with Crippen LogP contribution < -0.4 is 10.5 Å². The van der Waals surface area contributed by atoms with Gasteiger partial charge in [-0.25, -0.2) is 0 Å². The van der Waals surface area contributed by atoms with Gasteiger partial charge in [-0.05, 0) is 18.9 Å². The first-order valence-electron chi connectivity index (χ1n) is 5.76. The summed E-state index contributed by atoms with van der Waals surface area (Å²) in [6.07, 6.45) is 2.82. The molecular weight excluding hydrogens is 202 g/mol. The highest BCUT2D eigenvalue weighted by Crippen LogP contribution is 2.37. The standard InChI is InChI=1S/C13H19NO2/c1-15-9-4-7-13(14)8-10-16-12-6-3-2-5-11(12)13/h2-3,5-6H,4,7-10,14H2,1H3. The van der Waals surface area contributed by atoms with Gasteiger partial charge in [0.2, 0.25) is 0 Å². The minimum absolute atomic E-state index is 0.243. The van der Waals surface area contributed by atoms with Crippen LogP contribution in [-0.4, -0.2) is 20.3 Å². The average molecular weight is 221 g/mol. The summed E-state index contributed by atoms with van der Waals surface area (Å²) in [5.41, 5.74) is 7.37. The van der Waals surface area contributed by atoms with Gasteiger partial charge in [-0.3, -0.25) is 0 Å². The van der Waals surface area contributed by atoms with Crippen molar-refractivity contribution in [3.8, 4) is 5.75 Å². The van der Waals surface area contributed by atoms with Crippen LogP contribution in [0.4, 0.5) is 0 Å². The van der Waals surface area contributed by atoms with Crippen molar-refractivity contribution in [1.82, 2.24) is 0 Å². The fourth-order valence-electron chi connectivity index (χ4n) is 2.27. The zero-order chi connectivity index (χ0) is 11.4. The summed E-state index contributed by atoms with van der Waals surface area (Å²) in [4.78, 5) is 0. The van der Waals surface area contributed by atoms with Crippen LogP contribution in [0.3, 0.4) is 0 Å². The number of hydrogen-bond acceptors (Lipinski definition) is 3. The van der Waals surface area contributed by atoms with E-state index in [4.69, 9.17) is 15.2 Å². The van der Waals surface area contributed by atoms with Crippen molar-refractivity contribution >= 4 is 0 Å². The van der Waals surface area contributed by atoms with Gasteiger partial charge < -0.3 is 15.2 Å². The monoisotopic (exact) mass is 221 g/mol. The highest BCUT2D eigenvalue weighted by Gasteiger charge is 2.32. The summed E-state index contributed by atoms with van der Waals surface area (Å²) in [5.74, 6) is 0.939. The summed E-state index contributed by atoms with van der Waals surface area (Å²) in [6, 6.07) is 8.07. The largest absolute Gasteiger partial charge is 0.493 e. The van der Waals surface area contributed by atoms with Gasteiger partial charge in [0, 0.05) is 31.2 Å². The average Bonchev–Trinajstić information content (AvgIpc) is 2.30. The highest BCUT2D eigenvalue weighted by molar-refractivity contribution is 5.40. The molecule has 0 bridgehead atoms. The molecule has 2 N–H and O–H groups in total. The first-order valence-corrected chi connectivity index (χ1v) is 5.76. The third-order valence-electron chi connectivity index (χ3n) is 3.20. The SMILES string of the molecule is COCCCC1(N)CCOc2ccccc21. The van der Waals surface area contributed by atoms with E-state index in [1.807, 2.05) is 18.2 Å². The first-order chi connectivity index (χ1) is 7.76. The molecule has 1 unspecified atom stereocenters. The van der Waals surface area contributed by atoms with Crippen LogP contribution in [0.25, 0.3) is 0 Å². The normalized spacial score (nSPS) is 23.6. The van der Waals surface area contributed by atoms with Crippen LogP contribution in [0.15, 0.2) is 24.3 Å². The zero-order valence-corrected chi connectivity index (χ0v) is 9.74. The summed E-state index contributed by atoms with van der Waals surface area (Å²) in [6.45, 7) is 1.47. The van der Waals surface area contributed by atoms with Crippen LogP contribution in [0.2, 0.25) is 0 Å². The van der Waals surface area contributed by atoms with Gasteiger partial charge in [-0.1, -0.05) is 18.2 Å². The van der Waals surface area contributed by atoms with Crippen LogP contribution in [0.1, 0.15) is 24.8 Å². The second kappa shape index (κ2) is 4.85. The topological polar surface area (TPSA) is 44.5 Å². The Morgan fingerprint density at radius 1 is 1.44 bits per heavy atom. The summed E-state index contributed by atoms with van der Waals surface area (Å²) in [5, 5.41) is 0. The molecule has 0 radical (unpaired) electrons. The molecule has 0 spiro atoms. The van der Waals surface area contributed by atoms with Crippen LogP contribution in [-0.2, 0) is 10.3 Å². The molecule has 0 aliphatic carbocycles. The van der Waals surface area contributed by atoms with E-state index < -0.39 is 0 Å². The van der Waals surface area contributed by atoms with E-state index >= 15 is 0 Å². The van der Waals surface area contributed by atoms with E-state index in [1.54, 1.807) is 7.11 Å². The number of rotatable bonds is 4. The van der Waals surface area contributed by atoms with Crippen molar-refractivity contribution < 1.29 is 9.47 Å². The van der Waals surface area contributed by atoms with Crippen molar-refractivity contribution in [2.24, 2.45) is 5.73 Å². The minimum atomic E-state index is -0.243. The molecule has 1 heterocycles. The summed E-state index contributed by atoms with van der Waals surface area (Å²) >= 11 is 0. The molecule has 0 amide bonds. The Morgan fingerprint density at radius 3 is 3.06 bits per heavy atom. The van der Waals surface area contributed by atoms with E-state index in [-0.39, 0.29) is 5.54 Å². The Bertz CT molecular complexity index is 354.